The van der Waals surface area contributed by atoms with Crippen molar-refractivity contribution < 1.29 is 4.74 Å². The Morgan fingerprint density at radius 3 is 2.58 bits per heavy atom. The van der Waals surface area contributed by atoms with E-state index in [2.05, 4.69) is 48.3 Å². The van der Waals surface area contributed by atoms with Crippen LogP contribution in [-0.4, -0.2) is 59.5 Å². The van der Waals surface area contributed by atoms with Crippen LogP contribution in [0.15, 0.2) is 12.1 Å². The van der Waals surface area contributed by atoms with Gasteiger partial charge in [-0.15, -0.1) is 5.10 Å². The SMILES string of the molecule is CCNc1nc(C)cc(N2CCN(c3cc4c(nn3)CCOC4)CC2)n1. The number of hydrogen-bond donors (Lipinski definition) is 1. The first kappa shape index (κ1) is 17.0. The van der Waals surface area contributed by atoms with Gasteiger partial charge in [-0.3, -0.25) is 0 Å². The Bertz CT molecular complexity index is 774. The molecule has 4 rings (SSSR count). The van der Waals surface area contributed by atoms with Crippen molar-refractivity contribution in [1.82, 2.24) is 20.2 Å². The Morgan fingerprint density at radius 2 is 1.81 bits per heavy atom. The average molecular weight is 355 g/mol. The van der Waals surface area contributed by atoms with E-state index in [0.29, 0.717) is 12.6 Å². The molecule has 138 valence electrons. The van der Waals surface area contributed by atoms with Gasteiger partial charge in [-0.25, -0.2) is 4.98 Å². The zero-order valence-electron chi connectivity index (χ0n) is 15.4. The average Bonchev–Trinajstić information content (AvgIpc) is 2.67. The monoisotopic (exact) mass is 355 g/mol. The van der Waals surface area contributed by atoms with E-state index < -0.39 is 0 Å². The first-order valence-corrected chi connectivity index (χ1v) is 9.25. The fraction of sp³-hybridized carbons (Fsp3) is 0.556. The highest BCUT2D eigenvalue weighted by molar-refractivity contribution is 5.48. The molecule has 26 heavy (non-hydrogen) atoms. The van der Waals surface area contributed by atoms with Crippen LogP contribution in [0.4, 0.5) is 17.6 Å². The maximum Gasteiger partial charge on any atom is 0.224 e. The van der Waals surface area contributed by atoms with Crippen LogP contribution < -0.4 is 15.1 Å². The highest BCUT2D eigenvalue weighted by Gasteiger charge is 2.22. The van der Waals surface area contributed by atoms with Gasteiger partial charge < -0.3 is 19.9 Å². The van der Waals surface area contributed by atoms with E-state index in [-0.39, 0.29) is 0 Å². The zero-order chi connectivity index (χ0) is 17.9. The number of fused-ring (bicyclic) bond motifs is 1. The van der Waals surface area contributed by atoms with Crippen molar-refractivity contribution >= 4 is 17.6 Å². The van der Waals surface area contributed by atoms with Gasteiger partial charge >= 0.3 is 0 Å². The molecule has 2 aliphatic heterocycles. The quantitative estimate of drug-likeness (QED) is 0.882. The van der Waals surface area contributed by atoms with Crippen LogP contribution in [0, 0.1) is 6.92 Å². The van der Waals surface area contributed by atoms with Crippen molar-refractivity contribution in [3.05, 3.63) is 29.1 Å². The number of ether oxygens (including phenoxy) is 1. The number of nitrogens with zero attached hydrogens (tertiary/aromatic N) is 6. The molecule has 1 N–H and O–H groups in total. The Hall–Kier alpha value is -2.48. The van der Waals surface area contributed by atoms with E-state index in [1.165, 1.54) is 5.56 Å². The summed E-state index contributed by atoms with van der Waals surface area (Å²) in [4.78, 5) is 13.7. The minimum atomic E-state index is 0.644. The summed E-state index contributed by atoms with van der Waals surface area (Å²) in [7, 11) is 0. The lowest BCUT2D eigenvalue weighted by Crippen LogP contribution is -2.47. The molecule has 4 heterocycles. The van der Waals surface area contributed by atoms with E-state index in [4.69, 9.17) is 4.74 Å². The summed E-state index contributed by atoms with van der Waals surface area (Å²) in [5, 5.41) is 12.0. The maximum atomic E-state index is 5.54. The standard InChI is InChI=1S/C18H25N7O/c1-3-19-18-20-13(2)10-16(21-18)24-5-7-25(8-6-24)17-11-14-12-26-9-4-15(14)22-23-17/h10-11H,3-9,12H2,1-2H3,(H,19,20,21). The predicted molar refractivity (Wildman–Crippen MR) is 101 cm³/mol. The van der Waals surface area contributed by atoms with Crippen molar-refractivity contribution in [2.24, 2.45) is 0 Å². The van der Waals surface area contributed by atoms with Crippen molar-refractivity contribution in [1.29, 1.82) is 0 Å². The van der Waals surface area contributed by atoms with Gasteiger partial charge in [0.1, 0.15) is 5.82 Å². The first-order chi connectivity index (χ1) is 12.7. The predicted octanol–water partition coefficient (Wildman–Crippen LogP) is 1.41. The van der Waals surface area contributed by atoms with E-state index >= 15 is 0 Å². The fourth-order valence-electron chi connectivity index (χ4n) is 3.40. The minimum absolute atomic E-state index is 0.644. The summed E-state index contributed by atoms with van der Waals surface area (Å²) in [6.07, 6.45) is 0.859. The Kier molecular flexibility index (Phi) is 4.83. The number of hydrogen-bond acceptors (Lipinski definition) is 8. The third-order valence-corrected chi connectivity index (χ3v) is 4.79. The van der Waals surface area contributed by atoms with Gasteiger partial charge in [0.15, 0.2) is 5.82 Å². The van der Waals surface area contributed by atoms with Crippen LogP contribution in [0.5, 0.6) is 0 Å². The molecule has 0 saturated carbocycles. The highest BCUT2D eigenvalue weighted by atomic mass is 16.5. The molecule has 8 nitrogen and oxygen atoms in total. The second kappa shape index (κ2) is 7.41. The molecule has 0 aromatic carbocycles. The Morgan fingerprint density at radius 1 is 1.04 bits per heavy atom. The number of aryl methyl sites for hydroxylation is 1. The Labute approximate surface area is 153 Å². The third-order valence-electron chi connectivity index (χ3n) is 4.79. The molecule has 0 aliphatic carbocycles. The van der Waals surface area contributed by atoms with Crippen molar-refractivity contribution in [2.75, 3.05) is 54.4 Å². The lowest BCUT2D eigenvalue weighted by atomic mass is 10.1. The van der Waals surface area contributed by atoms with Gasteiger partial charge in [0.05, 0.1) is 18.9 Å². The summed E-state index contributed by atoms with van der Waals surface area (Å²) in [6, 6.07) is 4.18. The summed E-state index contributed by atoms with van der Waals surface area (Å²) in [6.45, 7) is 9.85. The number of aromatic nitrogens is 4. The van der Waals surface area contributed by atoms with Gasteiger partial charge in [0, 0.05) is 56.5 Å². The molecule has 0 spiro atoms. The van der Waals surface area contributed by atoms with Crippen LogP contribution in [0.1, 0.15) is 23.9 Å². The normalized spacial score (nSPS) is 17.2. The molecule has 1 saturated heterocycles. The van der Waals surface area contributed by atoms with Gasteiger partial charge in [-0.1, -0.05) is 0 Å². The van der Waals surface area contributed by atoms with Crippen molar-refractivity contribution in [2.45, 2.75) is 26.9 Å². The van der Waals surface area contributed by atoms with Crippen LogP contribution in [0.3, 0.4) is 0 Å². The molecule has 2 aromatic heterocycles. The lowest BCUT2D eigenvalue weighted by Gasteiger charge is -2.36. The van der Waals surface area contributed by atoms with Gasteiger partial charge in [-0.2, -0.15) is 10.1 Å². The van der Waals surface area contributed by atoms with E-state index in [9.17, 15) is 0 Å². The van der Waals surface area contributed by atoms with Crippen molar-refractivity contribution in [3.8, 4) is 0 Å². The van der Waals surface area contributed by atoms with Crippen LogP contribution >= 0.6 is 0 Å². The Balaban J connectivity index is 1.44. The number of rotatable bonds is 4. The van der Waals surface area contributed by atoms with E-state index in [0.717, 1.165) is 68.8 Å². The van der Waals surface area contributed by atoms with E-state index in [1.54, 1.807) is 0 Å². The third kappa shape index (κ3) is 3.55. The first-order valence-electron chi connectivity index (χ1n) is 9.25. The van der Waals surface area contributed by atoms with Gasteiger partial charge in [-0.05, 0) is 19.9 Å². The molecule has 0 amide bonds. The van der Waals surface area contributed by atoms with Crippen LogP contribution in [-0.2, 0) is 17.8 Å². The summed E-state index contributed by atoms with van der Waals surface area (Å²) < 4.78 is 5.54. The molecule has 2 aliphatic rings. The molecule has 2 aromatic rings. The molecule has 0 atom stereocenters. The van der Waals surface area contributed by atoms with Crippen molar-refractivity contribution in [3.63, 3.8) is 0 Å². The van der Waals surface area contributed by atoms with E-state index in [1.807, 2.05) is 13.0 Å². The smallest absolute Gasteiger partial charge is 0.224 e. The number of nitrogens with one attached hydrogen (secondary N) is 1. The zero-order valence-corrected chi connectivity index (χ0v) is 15.4. The largest absolute Gasteiger partial charge is 0.376 e. The summed E-state index contributed by atoms with van der Waals surface area (Å²) >= 11 is 0. The van der Waals surface area contributed by atoms with Gasteiger partial charge in [0.2, 0.25) is 5.95 Å². The van der Waals surface area contributed by atoms with Gasteiger partial charge in [0.25, 0.3) is 0 Å². The van der Waals surface area contributed by atoms with Crippen LogP contribution in [0.2, 0.25) is 0 Å². The fourth-order valence-corrected chi connectivity index (χ4v) is 3.40. The molecule has 0 radical (unpaired) electrons. The topological polar surface area (TPSA) is 79.3 Å². The lowest BCUT2D eigenvalue weighted by molar-refractivity contribution is 0.109. The molecule has 0 bridgehead atoms. The summed E-state index contributed by atoms with van der Waals surface area (Å²) in [5.41, 5.74) is 3.23. The maximum absolute atomic E-state index is 5.54. The molecular weight excluding hydrogens is 330 g/mol. The second-order valence-electron chi connectivity index (χ2n) is 6.67. The number of anilines is 3. The molecule has 0 unspecified atom stereocenters. The molecule has 8 heteroatoms. The second-order valence-corrected chi connectivity index (χ2v) is 6.67. The minimum Gasteiger partial charge on any atom is -0.376 e. The number of piperazine rings is 1. The summed E-state index contributed by atoms with van der Waals surface area (Å²) in [5.74, 6) is 2.63. The molecule has 1 fully saturated rings. The van der Waals surface area contributed by atoms with Crippen LogP contribution in [0.25, 0.3) is 0 Å². The highest BCUT2D eigenvalue weighted by Crippen LogP contribution is 2.22. The molecular formula is C18H25N7O.